The molecule has 1 aromatic rings. The number of aromatic nitrogens is 2. The monoisotopic (exact) mass is 220 g/mol. The van der Waals surface area contributed by atoms with Crippen LogP contribution in [0.4, 0.5) is 11.8 Å². The fourth-order valence-corrected chi connectivity index (χ4v) is 1.43. The van der Waals surface area contributed by atoms with Crippen molar-refractivity contribution in [1.29, 1.82) is 0 Å². The zero-order valence-corrected chi connectivity index (χ0v) is 10.0. The molecule has 0 atom stereocenters. The van der Waals surface area contributed by atoms with Gasteiger partial charge in [0.25, 0.3) is 0 Å². The third kappa shape index (κ3) is 3.68. The van der Waals surface area contributed by atoms with Gasteiger partial charge in [-0.1, -0.05) is 13.8 Å². The van der Waals surface area contributed by atoms with Gasteiger partial charge in [-0.15, -0.1) is 0 Å². The lowest BCUT2D eigenvalue weighted by molar-refractivity contribution is 0.606. The van der Waals surface area contributed by atoms with Crippen LogP contribution in [0.2, 0.25) is 0 Å². The molecule has 0 spiro atoms. The summed E-state index contributed by atoms with van der Waals surface area (Å²) in [5, 5.41) is 6.61. The van der Waals surface area contributed by atoms with Crippen molar-refractivity contribution in [3.05, 3.63) is 12.3 Å². The largest absolute Gasteiger partial charge is 0.367 e. The van der Waals surface area contributed by atoms with Crippen LogP contribution in [0.25, 0.3) is 0 Å². The van der Waals surface area contributed by atoms with E-state index < -0.39 is 0 Å². The van der Waals surface area contributed by atoms with Crippen molar-refractivity contribution in [2.24, 2.45) is 5.92 Å². The Morgan fingerprint density at radius 3 is 2.94 bits per heavy atom. The van der Waals surface area contributed by atoms with E-state index in [-0.39, 0.29) is 0 Å². The van der Waals surface area contributed by atoms with Gasteiger partial charge in [0, 0.05) is 18.8 Å². The van der Waals surface area contributed by atoms with Gasteiger partial charge in [0.2, 0.25) is 5.95 Å². The van der Waals surface area contributed by atoms with Crippen LogP contribution in [-0.2, 0) is 0 Å². The van der Waals surface area contributed by atoms with Gasteiger partial charge >= 0.3 is 0 Å². The molecule has 1 aromatic heterocycles. The standard InChI is InChI=1S/C12H20N4/c1-9(2)5-7-13-12-14-8-6-11(16-12)15-10-3-4-10/h6,8-10H,3-5,7H2,1-2H3,(H2,13,14,15,16). The van der Waals surface area contributed by atoms with Gasteiger partial charge in [-0.25, -0.2) is 4.98 Å². The molecule has 0 radical (unpaired) electrons. The van der Waals surface area contributed by atoms with Crippen LogP contribution in [0.15, 0.2) is 12.3 Å². The predicted molar refractivity (Wildman–Crippen MR) is 66.6 cm³/mol. The predicted octanol–water partition coefficient (Wildman–Crippen LogP) is 2.51. The Balaban J connectivity index is 1.83. The van der Waals surface area contributed by atoms with Crippen molar-refractivity contribution in [2.45, 2.75) is 39.2 Å². The fourth-order valence-electron chi connectivity index (χ4n) is 1.43. The summed E-state index contributed by atoms with van der Waals surface area (Å²) in [5.74, 6) is 2.37. The topological polar surface area (TPSA) is 49.8 Å². The van der Waals surface area contributed by atoms with E-state index in [1.807, 2.05) is 6.07 Å². The summed E-state index contributed by atoms with van der Waals surface area (Å²) >= 11 is 0. The summed E-state index contributed by atoms with van der Waals surface area (Å²) in [5.41, 5.74) is 0. The molecule has 2 N–H and O–H groups in total. The van der Waals surface area contributed by atoms with E-state index in [2.05, 4.69) is 34.4 Å². The van der Waals surface area contributed by atoms with Crippen LogP contribution in [-0.4, -0.2) is 22.6 Å². The molecule has 16 heavy (non-hydrogen) atoms. The van der Waals surface area contributed by atoms with E-state index in [4.69, 9.17) is 0 Å². The maximum Gasteiger partial charge on any atom is 0.224 e. The first kappa shape index (κ1) is 11.2. The first-order chi connectivity index (χ1) is 7.74. The van der Waals surface area contributed by atoms with Crippen LogP contribution in [0.3, 0.4) is 0 Å². The van der Waals surface area contributed by atoms with E-state index in [0.717, 1.165) is 24.7 Å². The first-order valence-corrected chi connectivity index (χ1v) is 6.07. The molecule has 4 heteroatoms. The highest BCUT2D eigenvalue weighted by molar-refractivity contribution is 5.41. The van der Waals surface area contributed by atoms with Gasteiger partial charge in [0.15, 0.2) is 0 Å². The first-order valence-electron chi connectivity index (χ1n) is 6.07. The lowest BCUT2D eigenvalue weighted by Crippen LogP contribution is -2.09. The van der Waals surface area contributed by atoms with E-state index >= 15 is 0 Å². The van der Waals surface area contributed by atoms with Gasteiger partial charge in [0.1, 0.15) is 5.82 Å². The SMILES string of the molecule is CC(C)CCNc1nccc(NC2CC2)n1. The molecule has 0 amide bonds. The van der Waals surface area contributed by atoms with Crippen LogP contribution in [0.5, 0.6) is 0 Å². The van der Waals surface area contributed by atoms with Crippen LogP contribution in [0, 0.1) is 5.92 Å². The molecule has 1 fully saturated rings. The molecular weight excluding hydrogens is 200 g/mol. The summed E-state index contributed by atoms with van der Waals surface area (Å²) in [6.07, 6.45) is 5.47. The molecule has 1 aliphatic carbocycles. The minimum atomic E-state index is 0.637. The van der Waals surface area contributed by atoms with Gasteiger partial charge in [-0.05, 0) is 31.2 Å². The minimum absolute atomic E-state index is 0.637. The number of hydrogen-bond acceptors (Lipinski definition) is 4. The Kier molecular flexibility index (Phi) is 3.59. The number of anilines is 2. The summed E-state index contributed by atoms with van der Waals surface area (Å²) in [6, 6.07) is 2.56. The fraction of sp³-hybridized carbons (Fsp3) is 0.667. The molecule has 1 heterocycles. The number of nitrogens with one attached hydrogen (secondary N) is 2. The summed E-state index contributed by atoms with van der Waals surface area (Å²) in [7, 11) is 0. The molecule has 0 aromatic carbocycles. The lowest BCUT2D eigenvalue weighted by Gasteiger charge is -2.08. The average Bonchev–Trinajstić information content (AvgIpc) is 3.02. The number of nitrogens with zero attached hydrogens (tertiary/aromatic N) is 2. The minimum Gasteiger partial charge on any atom is -0.367 e. The van der Waals surface area contributed by atoms with Gasteiger partial charge in [-0.2, -0.15) is 4.98 Å². The van der Waals surface area contributed by atoms with Crippen LogP contribution < -0.4 is 10.6 Å². The Labute approximate surface area is 96.9 Å². The molecule has 88 valence electrons. The van der Waals surface area contributed by atoms with Gasteiger partial charge in [-0.3, -0.25) is 0 Å². The molecule has 0 aliphatic heterocycles. The average molecular weight is 220 g/mol. The van der Waals surface area contributed by atoms with Crippen molar-refractivity contribution in [3.63, 3.8) is 0 Å². The molecular formula is C12H20N4. The van der Waals surface area contributed by atoms with E-state index in [9.17, 15) is 0 Å². The van der Waals surface area contributed by atoms with Gasteiger partial charge in [0.05, 0.1) is 0 Å². The van der Waals surface area contributed by atoms with Crippen LogP contribution >= 0.6 is 0 Å². The second kappa shape index (κ2) is 5.14. The third-order valence-electron chi connectivity index (χ3n) is 2.59. The molecule has 0 bridgehead atoms. The van der Waals surface area contributed by atoms with E-state index in [1.165, 1.54) is 12.8 Å². The quantitative estimate of drug-likeness (QED) is 0.773. The normalized spacial score (nSPS) is 15.2. The maximum absolute atomic E-state index is 4.42. The summed E-state index contributed by atoms with van der Waals surface area (Å²) in [4.78, 5) is 8.62. The Hall–Kier alpha value is -1.32. The van der Waals surface area contributed by atoms with Crippen molar-refractivity contribution in [1.82, 2.24) is 9.97 Å². The highest BCUT2D eigenvalue weighted by Gasteiger charge is 2.21. The second-order valence-electron chi connectivity index (χ2n) is 4.79. The number of rotatable bonds is 6. The van der Waals surface area contributed by atoms with E-state index in [0.29, 0.717) is 12.0 Å². The lowest BCUT2D eigenvalue weighted by atomic mass is 10.1. The molecule has 1 aliphatic rings. The molecule has 2 rings (SSSR count). The van der Waals surface area contributed by atoms with Crippen molar-refractivity contribution in [2.75, 3.05) is 17.2 Å². The third-order valence-corrected chi connectivity index (χ3v) is 2.59. The summed E-state index contributed by atoms with van der Waals surface area (Å²) < 4.78 is 0. The smallest absolute Gasteiger partial charge is 0.224 e. The summed E-state index contributed by atoms with van der Waals surface area (Å²) in [6.45, 7) is 5.37. The molecule has 0 saturated heterocycles. The molecule has 1 saturated carbocycles. The van der Waals surface area contributed by atoms with E-state index in [1.54, 1.807) is 6.20 Å². The van der Waals surface area contributed by atoms with Crippen molar-refractivity contribution >= 4 is 11.8 Å². The highest BCUT2D eigenvalue weighted by Crippen LogP contribution is 2.23. The van der Waals surface area contributed by atoms with Crippen LogP contribution in [0.1, 0.15) is 33.1 Å². The van der Waals surface area contributed by atoms with Gasteiger partial charge < -0.3 is 10.6 Å². The van der Waals surface area contributed by atoms with Crippen molar-refractivity contribution < 1.29 is 0 Å². The zero-order chi connectivity index (χ0) is 11.4. The number of hydrogen-bond donors (Lipinski definition) is 2. The molecule has 0 unspecified atom stereocenters. The maximum atomic E-state index is 4.42. The Morgan fingerprint density at radius 2 is 2.25 bits per heavy atom. The second-order valence-corrected chi connectivity index (χ2v) is 4.79. The highest BCUT2D eigenvalue weighted by atomic mass is 15.1. The Morgan fingerprint density at radius 1 is 1.44 bits per heavy atom. The van der Waals surface area contributed by atoms with Crippen molar-refractivity contribution in [3.8, 4) is 0 Å². The molecule has 4 nitrogen and oxygen atoms in total. The Bertz CT molecular complexity index is 334. The zero-order valence-electron chi connectivity index (χ0n) is 10.0.